The number of nitrogens with zero attached hydrogens (tertiary/aromatic N) is 3. The molecule has 0 bridgehead atoms. The van der Waals surface area contributed by atoms with E-state index in [-0.39, 0.29) is 19.0 Å². The minimum Gasteiger partial charge on any atom is -0.496 e. The molecule has 2 heterocycles. The number of carbonyl (C=O) groups is 2. The van der Waals surface area contributed by atoms with Crippen molar-refractivity contribution in [2.45, 2.75) is 59.0 Å². The topological polar surface area (TPSA) is 117 Å². The van der Waals surface area contributed by atoms with Crippen molar-refractivity contribution in [1.29, 1.82) is 5.26 Å². The number of rotatable bonds is 7. The highest BCUT2D eigenvalue weighted by Crippen LogP contribution is 2.42. The Morgan fingerprint density at radius 1 is 1.21 bits per heavy atom. The lowest BCUT2D eigenvalue weighted by Crippen LogP contribution is -2.26. The van der Waals surface area contributed by atoms with Crippen LogP contribution in [0.1, 0.15) is 69.0 Å². The van der Waals surface area contributed by atoms with Crippen molar-refractivity contribution in [3.8, 4) is 11.8 Å². The van der Waals surface area contributed by atoms with E-state index < -0.39 is 17.6 Å². The van der Waals surface area contributed by atoms with Gasteiger partial charge < -0.3 is 18.6 Å². The number of esters is 1. The first kappa shape index (κ1) is 26.7. The highest BCUT2D eigenvalue weighted by atomic mass is 16.6. The Morgan fingerprint density at radius 3 is 2.63 bits per heavy atom. The maximum absolute atomic E-state index is 13.0. The van der Waals surface area contributed by atoms with Crippen LogP contribution < -0.4 is 4.74 Å². The van der Waals surface area contributed by atoms with E-state index >= 15 is 0 Å². The molecular weight excluding hydrogens is 486 g/mol. The smallest absolute Gasteiger partial charge is 0.419 e. The van der Waals surface area contributed by atoms with E-state index in [4.69, 9.17) is 23.6 Å². The lowest BCUT2D eigenvalue weighted by molar-refractivity contribution is -0.143. The van der Waals surface area contributed by atoms with Crippen LogP contribution in [-0.2, 0) is 14.3 Å². The fraction of sp³-hybridized carbons (Fsp3) is 0.379. The third kappa shape index (κ3) is 5.35. The van der Waals surface area contributed by atoms with Gasteiger partial charge in [0.1, 0.15) is 16.9 Å². The molecule has 0 fully saturated rings. The number of carbonyl (C=O) groups excluding carboxylic acids is 2. The van der Waals surface area contributed by atoms with Gasteiger partial charge in [-0.05, 0) is 76.9 Å². The van der Waals surface area contributed by atoms with Crippen LogP contribution in [0.2, 0.25) is 0 Å². The molecule has 0 aliphatic heterocycles. The number of hydrogen-bond acceptors (Lipinski definition) is 8. The van der Waals surface area contributed by atoms with Gasteiger partial charge in [-0.2, -0.15) is 5.26 Å². The van der Waals surface area contributed by atoms with Gasteiger partial charge in [-0.25, -0.2) is 9.78 Å². The number of nitriles is 1. The van der Waals surface area contributed by atoms with E-state index in [1.165, 1.54) is 4.57 Å². The molecule has 0 spiro atoms. The Balaban J connectivity index is 1.91. The second-order valence-corrected chi connectivity index (χ2v) is 9.98. The molecule has 1 unspecified atom stereocenters. The number of fused-ring (bicyclic) bond motifs is 2. The molecule has 4 aromatic rings. The van der Waals surface area contributed by atoms with E-state index in [2.05, 4.69) is 6.07 Å². The fourth-order valence-electron chi connectivity index (χ4n) is 4.57. The van der Waals surface area contributed by atoms with Gasteiger partial charge in [-0.1, -0.05) is 0 Å². The summed E-state index contributed by atoms with van der Waals surface area (Å²) < 4.78 is 24.2. The molecule has 0 amide bonds. The Labute approximate surface area is 220 Å². The number of aryl methyl sites for hydroxylation is 1. The first-order chi connectivity index (χ1) is 18.1. The summed E-state index contributed by atoms with van der Waals surface area (Å²) in [5.41, 5.74) is 3.06. The Morgan fingerprint density at radius 2 is 1.97 bits per heavy atom. The molecule has 1 atom stereocenters. The van der Waals surface area contributed by atoms with Gasteiger partial charge in [-0.3, -0.25) is 9.36 Å². The number of ether oxygens (including phenoxy) is 3. The third-order valence-corrected chi connectivity index (χ3v) is 6.10. The molecular formula is C29H31N3O6. The van der Waals surface area contributed by atoms with Crippen LogP contribution in [0.25, 0.3) is 22.0 Å². The zero-order chi connectivity index (χ0) is 27.6. The predicted molar refractivity (Wildman–Crippen MR) is 141 cm³/mol. The lowest BCUT2D eigenvalue weighted by Gasteiger charge is -2.22. The summed E-state index contributed by atoms with van der Waals surface area (Å²) in [6, 6.07) is 10.8. The Kier molecular flexibility index (Phi) is 7.44. The van der Waals surface area contributed by atoms with Crippen LogP contribution in [0.5, 0.6) is 5.75 Å². The van der Waals surface area contributed by atoms with Gasteiger partial charge in [0.25, 0.3) is 0 Å². The van der Waals surface area contributed by atoms with E-state index in [1.807, 2.05) is 39.8 Å². The maximum Gasteiger partial charge on any atom is 0.419 e. The first-order valence-corrected chi connectivity index (χ1v) is 12.4. The normalized spacial score (nSPS) is 12.3. The van der Waals surface area contributed by atoms with Gasteiger partial charge in [0, 0.05) is 23.6 Å². The molecule has 2 aromatic heterocycles. The van der Waals surface area contributed by atoms with Crippen LogP contribution in [0.4, 0.5) is 4.79 Å². The van der Waals surface area contributed by atoms with E-state index in [0.717, 1.165) is 16.5 Å². The summed E-state index contributed by atoms with van der Waals surface area (Å²) in [7, 11) is 1.57. The van der Waals surface area contributed by atoms with Gasteiger partial charge in [0.2, 0.25) is 5.89 Å². The zero-order valence-electron chi connectivity index (χ0n) is 22.5. The number of methoxy groups -OCH3 is 1. The van der Waals surface area contributed by atoms with Gasteiger partial charge in [0.05, 0.1) is 36.8 Å². The number of aromatic nitrogens is 2. The van der Waals surface area contributed by atoms with Gasteiger partial charge in [-0.15, -0.1) is 0 Å². The van der Waals surface area contributed by atoms with Crippen molar-refractivity contribution in [3.63, 3.8) is 0 Å². The minimum atomic E-state index is -0.667. The van der Waals surface area contributed by atoms with Crippen molar-refractivity contribution in [2.24, 2.45) is 0 Å². The van der Waals surface area contributed by atoms with Crippen molar-refractivity contribution >= 4 is 34.1 Å². The van der Waals surface area contributed by atoms with Crippen molar-refractivity contribution in [2.75, 3.05) is 13.7 Å². The average Bonchev–Trinajstić information content (AvgIpc) is 3.48. The number of oxazole rings is 1. The second kappa shape index (κ2) is 10.6. The highest BCUT2D eigenvalue weighted by molar-refractivity contribution is 5.95. The second-order valence-electron chi connectivity index (χ2n) is 9.98. The molecule has 9 nitrogen and oxygen atoms in total. The molecule has 38 heavy (non-hydrogen) atoms. The Bertz CT molecular complexity index is 1550. The van der Waals surface area contributed by atoms with Crippen LogP contribution in [-0.4, -0.2) is 40.9 Å². The fourth-order valence-corrected chi connectivity index (χ4v) is 4.57. The summed E-state index contributed by atoms with van der Waals surface area (Å²) in [4.78, 5) is 30.1. The highest BCUT2D eigenvalue weighted by Gasteiger charge is 2.30. The minimum absolute atomic E-state index is 0.117. The third-order valence-electron chi connectivity index (χ3n) is 6.10. The molecule has 0 aliphatic carbocycles. The van der Waals surface area contributed by atoms with Crippen LogP contribution in [0, 0.1) is 18.3 Å². The summed E-state index contributed by atoms with van der Waals surface area (Å²) in [6.45, 7) is 9.37. The lowest BCUT2D eigenvalue weighted by atomic mass is 9.89. The molecule has 198 valence electrons. The summed E-state index contributed by atoms with van der Waals surface area (Å²) in [6.07, 6.45) is 1.61. The number of hydrogen-bond donors (Lipinski definition) is 0. The van der Waals surface area contributed by atoms with Crippen molar-refractivity contribution < 1.29 is 28.2 Å². The van der Waals surface area contributed by atoms with Crippen LogP contribution >= 0.6 is 0 Å². The summed E-state index contributed by atoms with van der Waals surface area (Å²) in [5, 5.41) is 10.1. The molecule has 0 radical (unpaired) electrons. The van der Waals surface area contributed by atoms with E-state index in [1.54, 1.807) is 38.4 Å². The first-order valence-electron chi connectivity index (χ1n) is 12.4. The van der Waals surface area contributed by atoms with E-state index in [0.29, 0.717) is 40.2 Å². The maximum atomic E-state index is 13.0. The molecule has 0 saturated heterocycles. The molecule has 0 N–H and O–H groups in total. The largest absolute Gasteiger partial charge is 0.496 e. The molecule has 4 rings (SSSR count). The van der Waals surface area contributed by atoms with Gasteiger partial charge >= 0.3 is 12.1 Å². The molecule has 9 heteroatoms. The van der Waals surface area contributed by atoms with E-state index in [9.17, 15) is 14.9 Å². The summed E-state index contributed by atoms with van der Waals surface area (Å²) >= 11 is 0. The monoisotopic (exact) mass is 517 g/mol. The molecule has 0 aliphatic rings. The SMILES string of the molecule is CCOC(=O)CCC(c1nc2cc(C#N)ccc2o1)c1c(OC)cc(C)c2c1ccn2C(=O)OC(C)(C)C. The molecule has 0 saturated carbocycles. The summed E-state index contributed by atoms with van der Waals surface area (Å²) in [5.74, 6) is 0.0949. The predicted octanol–water partition coefficient (Wildman–Crippen LogP) is 6.23. The van der Waals surface area contributed by atoms with Gasteiger partial charge in [0.15, 0.2) is 5.58 Å². The zero-order valence-corrected chi connectivity index (χ0v) is 22.5. The van der Waals surface area contributed by atoms with Crippen LogP contribution in [0.3, 0.4) is 0 Å². The van der Waals surface area contributed by atoms with Crippen molar-refractivity contribution in [3.05, 3.63) is 59.1 Å². The Hall–Kier alpha value is -4.32. The number of benzene rings is 2. The average molecular weight is 518 g/mol. The quantitative estimate of drug-likeness (QED) is 0.265. The van der Waals surface area contributed by atoms with Crippen LogP contribution in [0.15, 0.2) is 40.9 Å². The van der Waals surface area contributed by atoms with Crippen molar-refractivity contribution in [1.82, 2.24) is 9.55 Å². The molecule has 2 aromatic carbocycles. The standard InChI is InChI=1S/C29H31N3O6/c1-7-36-24(33)11-9-20(27-31-21-15-18(16-30)8-10-22(21)37-27)25-19-12-13-32(28(34)38-29(3,4)5)26(19)17(2)14-23(25)35-6/h8,10,12-15,20H,7,9,11H2,1-6H3.